The molecule has 0 unspecified atom stereocenters. The Morgan fingerprint density at radius 1 is 0.966 bits per heavy atom. The number of carbonyl (C=O) groups excluding carboxylic acids is 1. The Morgan fingerprint density at radius 2 is 1.69 bits per heavy atom. The molecule has 6 heteroatoms. The molecule has 0 aliphatic rings. The van der Waals surface area contributed by atoms with Gasteiger partial charge in [0.1, 0.15) is 18.1 Å². The molecule has 5 nitrogen and oxygen atoms in total. The fraction of sp³-hybridized carbons (Fsp3) is 0.0435. The fourth-order valence-electron chi connectivity index (χ4n) is 2.57. The average Bonchev–Trinajstić information content (AvgIpc) is 2.73. The number of ether oxygens (including phenoxy) is 1. The van der Waals surface area contributed by atoms with Crippen LogP contribution in [0.3, 0.4) is 0 Å². The first kappa shape index (κ1) is 20.6. The molecule has 0 saturated heterocycles. The van der Waals surface area contributed by atoms with Crippen molar-refractivity contribution >= 4 is 40.5 Å². The summed E-state index contributed by atoms with van der Waals surface area (Å²) in [7, 11) is 0. The van der Waals surface area contributed by atoms with Crippen molar-refractivity contribution in [2.45, 2.75) is 6.61 Å². The average molecular weight is 499 g/mol. The van der Waals surface area contributed by atoms with Crippen molar-refractivity contribution in [3.8, 4) is 5.75 Å². The van der Waals surface area contributed by atoms with Crippen molar-refractivity contribution in [3.05, 3.63) is 105 Å². The maximum Gasteiger partial charge on any atom is 0.352 e. The molecule has 0 aromatic heterocycles. The number of benzene rings is 3. The highest BCUT2D eigenvalue weighted by Crippen LogP contribution is 2.19. The van der Waals surface area contributed by atoms with Crippen LogP contribution in [0, 0.1) is 3.57 Å². The summed E-state index contributed by atoms with van der Waals surface area (Å²) >= 11 is 2.25. The van der Waals surface area contributed by atoms with E-state index < -0.39 is 11.9 Å². The van der Waals surface area contributed by atoms with E-state index in [-0.39, 0.29) is 5.70 Å². The van der Waals surface area contributed by atoms with Crippen molar-refractivity contribution in [2.24, 2.45) is 0 Å². The summed E-state index contributed by atoms with van der Waals surface area (Å²) in [5.74, 6) is -1.10. The zero-order chi connectivity index (χ0) is 20.6. The van der Waals surface area contributed by atoms with Crippen molar-refractivity contribution in [3.63, 3.8) is 0 Å². The summed E-state index contributed by atoms with van der Waals surface area (Å²) in [5.41, 5.74) is 1.84. The molecule has 0 fully saturated rings. The Labute approximate surface area is 182 Å². The molecular weight excluding hydrogens is 481 g/mol. The first-order chi connectivity index (χ1) is 14.0. The van der Waals surface area contributed by atoms with E-state index in [1.165, 1.54) is 6.08 Å². The van der Waals surface area contributed by atoms with Crippen LogP contribution in [-0.2, 0) is 11.4 Å². The van der Waals surface area contributed by atoms with Gasteiger partial charge in [0.15, 0.2) is 0 Å². The molecule has 3 rings (SSSR count). The second kappa shape index (κ2) is 9.88. The van der Waals surface area contributed by atoms with Gasteiger partial charge in [-0.3, -0.25) is 4.79 Å². The van der Waals surface area contributed by atoms with Crippen molar-refractivity contribution in [1.82, 2.24) is 5.32 Å². The van der Waals surface area contributed by atoms with Crippen LogP contribution >= 0.6 is 22.6 Å². The van der Waals surface area contributed by atoms with Gasteiger partial charge in [0.2, 0.25) is 0 Å². The molecule has 0 atom stereocenters. The Bertz CT molecular complexity index is 1050. The zero-order valence-corrected chi connectivity index (χ0v) is 17.5. The minimum atomic E-state index is -1.22. The number of hydrogen-bond donors (Lipinski definition) is 2. The summed E-state index contributed by atoms with van der Waals surface area (Å²) in [5, 5.41) is 11.9. The maximum atomic E-state index is 12.3. The second-order valence-electron chi connectivity index (χ2n) is 6.14. The highest BCUT2D eigenvalue weighted by atomic mass is 127. The number of halogens is 1. The van der Waals surface area contributed by atoms with Crippen LogP contribution in [0.15, 0.2) is 84.6 Å². The number of hydrogen-bond acceptors (Lipinski definition) is 3. The van der Waals surface area contributed by atoms with E-state index in [1.807, 2.05) is 24.3 Å². The monoisotopic (exact) mass is 499 g/mol. The highest BCUT2D eigenvalue weighted by Gasteiger charge is 2.13. The first-order valence-electron chi connectivity index (χ1n) is 8.80. The van der Waals surface area contributed by atoms with Crippen LogP contribution in [-0.4, -0.2) is 17.0 Å². The largest absolute Gasteiger partial charge is 0.489 e. The Kier molecular flexibility index (Phi) is 7.02. The van der Waals surface area contributed by atoms with Gasteiger partial charge in [0, 0.05) is 14.7 Å². The minimum absolute atomic E-state index is 0.214. The van der Waals surface area contributed by atoms with Crippen LogP contribution in [0.2, 0.25) is 0 Å². The zero-order valence-electron chi connectivity index (χ0n) is 15.3. The third kappa shape index (κ3) is 5.92. The summed E-state index contributed by atoms with van der Waals surface area (Å²) in [6.07, 6.45) is 1.41. The first-order valence-corrected chi connectivity index (χ1v) is 9.88. The lowest BCUT2D eigenvalue weighted by molar-refractivity contribution is -0.132. The van der Waals surface area contributed by atoms with E-state index in [1.54, 1.807) is 54.6 Å². The number of aliphatic carboxylic acids is 1. The number of carbonyl (C=O) groups is 2. The van der Waals surface area contributed by atoms with Gasteiger partial charge in [0.25, 0.3) is 5.91 Å². The minimum Gasteiger partial charge on any atom is -0.489 e. The molecule has 0 bridgehead atoms. The van der Waals surface area contributed by atoms with Gasteiger partial charge in [-0.1, -0.05) is 48.5 Å². The lowest BCUT2D eigenvalue weighted by Gasteiger charge is -2.09. The Hall–Kier alpha value is -3.13. The van der Waals surface area contributed by atoms with Gasteiger partial charge < -0.3 is 15.2 Å². The van der Waals surface area contributed by atoms with E-state index in [0.29, 0.717) is 23.5 Å². The van der Waals surface area contributed by atoms with Gasteiger partial charge in [-0.2, -0.15) is 0 Å². The molecule has 0 spiro atoms. The van der Waals surface area contributed by atoms with Crippen LogP contribution in [0.4, 0.5) is 0 Å². The summed E-state index contributed by atoms with van der Waals surface area (Å²) in [6, 6.07) is 23.4. The van der Waals surface area contributed by atoms with Crippen molar-refractivity contribution in [1.29, 1.82) is 0 Å². The highest BCUT2D eigenvalue weighted by molar-refractivity contribution is 14.1. The molecule has 2 N–H and O–H groups in total. The molecule has 0 heterocycles. The van der Waals surface area contributed by atoms with Crippen LogP contribution in [0.5, 0.6) is 5.75 Å². The lowest BCUT2D eigenvalue weighted by atomic mass is 10.1. The molecule has 3 aromatic rings. The predicted octanol–water partition coefficient (Wildman–Crippen LogP) is 4.73. The van der Waals surface area contributed by atoms with Gasteiger partial charge in [-0.15, -0.1) is 0 Å². The summed E-state index contributed by atoms with van der Waals surface area (Å²) in [6.45, 7) is 0.406. The number of rotatable bonds is 7. The normalized spacial score (nSPS) is 11.0. The van der Waals surface area contributed by atoms with E-state index in [4.69, 9.17) is 4.74 Å². The van der Waals surface area contributed by atoms with Gasteiger partial charge in [-0.05, 0) is 64.6 Å². The molecule has 0 radical (unpaired) electrons. The number of nitrogens with one attached hydrogen (secondary N) is 1. The SMILES string of the molecule is O=C(O)/C(=C\c1cccc(OCc2ccccc2I)c1)NC(=O)c1ccccc1. The van der Waals surface area contributed by atoms with E-state index >= 15 is 0 Å². The fourth-order valence-corrected chi connectivity index (χ4v) is 3.12. The molecule has 146 valence electrons. The predicted molar refractivity (Wildman–Crippen MR) is 119 cm³/mol. The lowest BCUT2D eigenvalue weighted by Crippen LogP contribution is -2.27. The molecule has 3 aromatic carbocycles. The summed E-state index contributed by atoms with van der Waals surface area (Å²) < 4.78 is 6.95. The molecule has 1 amide bonds. The van der Waals surface area contributed by atoms with E-state index in [2.05, 4.69) is 27.9 Å². The van der Waals surface area contributed by atoms with E-state index in [0.717, 1.165) is 9.13 Å². The quantitative estimate of drug-likeness (QED) is 0.364. The van der Waals surface area contributed by atoms with Crippen LogP contribution in [0.1, 0.15) is 21.5 Å². The Morgan fingerprint density at radius 3 is 2.41 bits per heavy atom. The molecule has 0 aliphatic carbocycles. The molecule has 0 aliphatic heterocycles. The topological polar surface area (TPSA) is 75.6 Å². The van der Waals surface area contributed by atoms with Gasteiger partial charge in [0.05, 0.1) is 0 Å². The second-order valence-corrected chi connectivity index (χ2v) is 7.30. The standard InChI is InChI=1S/C23H18INO4/c24-20-12-5-4-10-18(20)15-29-19-11-6-7-16(13-19)14-21(23(27)28)25-22(26)17-8-2-1-3-9-17/h1-14H,15H2,(H,25,26)(H,27,28)/b21-14+. The maximum absolute atomic E-state index is 12.3. The summed E-state index contributed by atoms with van der Waals surface area (Å²) in [4.78, 5) is 23.9. The molecule has 0 saturated carbocycles. The number of carboxylic acid groups (broad SMARTS) is 1. The van der Waals surface area contributed by atoms with Crippen molar-refractivity contribution in [2.75, 3.05) is 0 Å². The number of carboxylic acids is 1. The Balaban J connectivity index is 1.75. The van der Waals surface area contributed by atoms with Gasteiger partial charge in [-0.25, -0.2) is 4.79 Å². The van der Waals surface area contributed by atoms with Crippen LogP contribution in [0.25, 0.3) is 6.08 Å². The third-order valence-corrected chi connectivity index (χ3v) is 5.09. The van der Waals surface area contributed by atoms with Gasteiger partial charge >= 0.3 is 5.97 Å². The smallest absolute Gasteiger partial charge is 0.352 e. The molecular formula is C23H18INO4. The third-order valence-electron chi connectivity index (χ3n) is 4.04. The van der Waals surface area contributed by atoms with E-state index in [9.17, 15) is 14.7 Å². The number of amides is 1. The van der Waals surface area contributed by atoms with Crippen molar-refractivity contribution < 1.29 is 19.4 Å². The van der Waals surface area contributed by atoms with Crippen LogP contribution < -0.4 is 10.1 Å². The molecule has 29 heavy (non-hydrogen) atoms.